The van der Waals surface area contributed by atoms with Crippen LogP contribution in [0.2, 0.25) is 5.02 Å². The van der Waals surface area contributed by atoms with Crippen LogP contribution < -0.4 is 16.4 Å². The van der Waals surface area contributed by atoms with Crippen molar-refractivity contribution in [2.45, 2.75) is 57.2 Å². The van der Waals surface area contributed by atoms with Gasteiger partial charge in [0, 0.05) is 12.1 Å². The number of nitrogen functional groups attached to an aromatic ring is 1. The van der Waals surface area contributed by atoms with Crippen LogP contribution in [0.5, 0.6) is 0 Å². The van der Waals surface area contributed by atoms with Crippen LogP contribution in [-0.4, -0.2) is 59.6 Å². The van der Waals surface area contributed by atoms with E-state index in [9.17, 15) is 19.2 Å². The fourth-order valence-corrected chi connectivity index (χ4v) is 4.58. The molecule has 0 aliphatic carbocycles. The predicted molar refractivity (Wildman–Crippen MR) is 135 cm³/mol. The van der Waals surface area contributed by atoms with Crippen LogP contribution in [0.4, 0.5) is 5.69 Å². The first-order chi connectivity index (χ1) is 17.7. The molecule has 10 nitrogen and oxygen atoms in total. The largest absolute Gasteiger partial charge is 0.433 e. The van der Waals surface area contributed by atoms with Gasteiger partial charge >= 0.3 is 5.97 Å². The van der Waals surface area contributed by atoms with Gasteiger partial charge in [0.25, 0.3) is 5.91 Å². The lowest BCUT2D eigenvalue weighted by Crippen LogP contribution is -2.54. The molecule has 196 valence electrons. The Labute approximate surface area is 219 Å². The minimum atomic E-state index is -0.924. The lowest BCUT2D eigenvalue weighted by atomic mass is 10.1. The molecule has 4 N–H and O–H groups in total. The number of cyclic esters (lactones) is 1. The predicted octanol–water partition coefficient (Wildman–Crippen LogP) is 2.01. The molecular weight excluding hydrogens is 500 g/mol. The molecule has 4 atom stereocenters. The van der Waals surface area contributed by atoms with E-state index < -0.39 is 42.2 Å². The van der Waals surface area contributed by atoms with Crippen molar-refractivity contribution in [2.24, 2.45) is 0 Å². The number of hydrogen-bond acceptors (Lipinski definition) is 7. The average molecular weight is 529 g/mol. The molecule has 2 saturated heterocycles. The summed E-state index contributed by atoms with van der Waals surface area (Å²) in [5.74, 6) is -1.74. The molecule has 0 bridgehead atoms. The van der Waals surface area contributed by atoms with Gasteiger partial charge < -0.3 is 30.7 Å². The highest BCUT2D eigenvalue weighted by atomic mass is 35.5. The fraction of sp³-hybridized carbons (Fsp3) is 0.385. The van der Waals surface area contributed by atoms with Crippen LogP contribution in [0.1, 0.15) is 42.1 Å². The summed E-state index contributed by atoms with van der Waals surface area (Å²) in [7, 11) is 0. The lowest BCUT2D eigenvalue weighted by molar-refractivity contribution is -0.168. The van der Waals surface area contributed by atoms with Gasteiger partial charge in [0.2, 0.25) is 18.1 Å². The number of anilines is 1. The summed E-state index contributed by atoms with van der Waals surface area (Å²) >= 11 is 5.99. The van der Waals surface area contributed by atoms with E-state index in [2.05, 4.69) is 10.6 Å². The number of benzene rings is 2. The quantitative estimate of drug-likeness (QED) is 0.351. The molecule has 2 aliphatic rings. The van der Waals surface area contributed by atoms with Gasteiger partial charge in [-0.1, -0.05) is 41.9 Å². The minimum Gasteiger partial charge on any atom is -0.433 e. The molecule has 2 aromatic rings. The smallest absolute Gasteiger partial charge is 0.310 e. The molecule has 0 aromatic heterocycles. The summed E-state index contributed by atoms with van der Waals surface area (Å²) in [6, 6.07) is 11.6. The molecule has 0 spiro atoms. The van der Waals surface area contributed by atoms with Gasteiger partial charge in [0.15, 0.2) is 0 Å². The van der Waals surface area contributed by atoms with Crippen LogP contribution in [0, 0.1) is 0 Å². The third-order valence-electron chi connectivity index (χ3n) is 6.37. The van der Waals surface area contributed by atoms with Crippen LogP contribution in [0.3, 0.4) is 0 Å². The number of hydrogen-bond donors (Lipinski definition) is 3. The number of nitrogens with zero attached hydrogens (tertiary/aromatic N) is 1. The highest BCUT2D eigenvalue weighted by Crippen LogP contribution is 2.23. The highest BCUT2D eigenvalue weighted by Gasteiger charge is 2.41. The average Bonchev–Trinajstić information content (AvgIpc) is 3.51. The van der Waals surface area contributed by atoms with Crippen LogP contribution in [-0.2, 0) is 30.5 Å². The van der Waals surface area contributed by atoms with Crippen LogP contribution >= 0.6 is 11.6 Å². The maximum atomic E-state index is 13.1. The van der Waals surface area contributed by atoms with Gasteiger partial charge in [-0.3, -0.25) is 19.2 Å². The normalized spacial score (nSPS) is 21.8. The number of esters is 1. The molecule has 2 heterocycles. The van der Waals surface area contributed by atoms with Crippen LogP contribution in [0.15, 0.2) is 48.5 Å². The summed E-state index contributed by atoms with van der Waals surface area (Å²) in [4.78, 5) is 52.3. The van der Waals surface area contributed by atoms with Crippen molar-refractivity contribution in [3.05, 3.63) is 64.7 Å². The van der Waals surface area contributed by atoms with E-state index in [0.29, 0.717) is 25.1 Å². The Hall–Kier alpha value is -3.63. The van der Waals surface area contributed by atoms with Gasteiger partial charge in [-0.2, -0.15) is 0 Å². The zero-order valence-electron chi connectivity index (χ0n) is 20.3. The number of halogens is 1. The Balaban J connectivity index is 1.34. The maximum absolute atomic E-state index is 13.1. The molecule has 0 saturated carbocycles. The van der Waals surface area contributed by atoms with Gasteiger partial charge in [0.05, 0.1) is 23.7 Å². The fourth-order valence-electron chi connectivity index (χ4n) is 4.40. The first-order valence-electron chi connectivity index (χ1n) is 12.0. The number of nitrogens with two attached hydrogens (primary N) is 1. The zero-order valence-corrected chi connectivity index (χ0v) is 21.1. The molecule has 4 rings (SSSR count). The maximum Gasteiger partial charge on any atom is 0.310 e. The third kappa shape index (κ3) is 6.39. The van der Waals surface area contributed by atoms with Crippen LogP contribution in [0.25, 0.3) is 0 Å². The van der Waals surface area contributed by atoms with E-state index in [-0.39, 0.29) is 29.5 Å². The molecule has 2 aliphatic heterocycles. The molecule has 2 fully saturated rings. The standard InChI is InChI=1S/C26H29ClN4O6/c1-15(29-23(33)17-9-10-19(28)18(27)12-17)25(35)31-11-5-8-21(31)24(34)30-20-13-22(32)37-26(20)36-14-16-6-3-2-4-7-16/h2-4,6-7,9-10,12,15,20-21,26H,5,8,11,13-14,28H2,1H3,(H,29,33)(H,30,34)/t15-,20?,21-,26?/m0/s1. The molecule has 37 heavy (non-hydrogen) atoms. The van der Waals surface area contributed by atoms with Gasteiger partial charge in [0.1, 0.15) is 18.1 Å². The van der Waals surface area contributed by atoms with Crippen molar-refractivity contribution in [1.82, 2.24) is 15.5 Å². The summed E-state index contributed by atoms with van der Waals surface area (Å²) in [6.45, 7) is 2.15. The number of nitrogens with one attached hydrogen (secondary N) is 2. The van der Waals surface area contributed by atoms with Gasteiger partial charge in [-0.15, -0.1) is 0 Å². The first-order valence-corrected chi connectivity index (χ1v) is 12.4. The van der Waals surface area contributed by atoms with E-state index in [4.69, 9.17) is 26.8 Å². The Morgan fingerprint density at radius 3 is 2.70 bits per heavy atom. The summed E-state index contributed by atoms with van der Waals surface area (Å²) < 4.78 is 11.0. The number of carbonyl (C=O) groups excluding carboxylic acids is 4. The number of rotatable bonds is 8. The molecule has 11 heteroatoms. The third-order valence-corrected chi connectivity index (χ3v) is 6.69. The molecule has 0 radical (unpaired) electrons. The lowest BCUT2D eigenvalue weighted by Gasteiger charge is -2.28. The second-order valence-electron chi connectivity index (χ2n) is 9.10. The second-order valence-corrected chi connectivity index (χ2v) is 9.50. The molecule has 2 unspecified atom stereocenters. The highest BCUT2D eigenvalue weighted by molar-refractivity contribution is 6.33. The summed E-state index contributed by atoms with van der Waals surface area (Å²) in [6.07, 6.45) is 0.143. The number of ether oxygens (including phenoxy) is 2. The summed E-state index contributed by atoms with van der Waals surface area (Å²) in [5.41, 5.74) is 7.20. The van der Waals surface area contributed by atoms with E-state index in [1.54, 1.807) is 6.92 Å². The Morgan fingerprint density at radius 2 is 1.97 bits per heavy atom. The number of carbonyl (C=O) groups is 4. The van der Waals surface area contributed by atoms with Crippen molar-refractivity contribution in [3.63, 3.8) is 0 Å². The number of amides is 3. The van der Waals surface area contributed by atoms with Crippen molar-refractivity contribution in [3.8, 4) is 0 Å². The first kappa shape index (κ1) is 26.4. The van der Waals surface area contributed by atoms with Gasteiger partial charge in [-0.25, -0.2) is 0 Å². The van der Waals surface area contributed by atoms with Crippen molar-refractivity contribution < 1.29 is 28.7 Å². The summed E-state index contributed by atoms with van der Waals surface area (Å²) in [5, 5.41) is 5.71. The van der Waals surface area contributed by atoms with Crippen molar-refractivity contribution in [1.29, 1.82) is 0 Å². The Morgan fingerprint density at radius 1 is 1.22 bits per heavy atom. The minimum absolute atomic E-state index is 0.0253. The Bertz CT molecular complexity index is 1180. The zero-order chi connectivity index (χ0) is 26.5. The number of likely N-dealkylation sites (tertiary alicyclic amines) is 1. The van der Waals surface area contributed by atoms with Gasteiger partial charge in [-0.05, 0) is 43.5 Å². The molecular formula is C26H29ClN4O6. The molecule has 2 aromatic carbocycles. The van der Waals surface area contributed by atoms with Crippen molar-refractivity contribution >= 4 is 41.0 Å². The second kappa shape index (κ2) is 11.6. The van der Waals surface area contributed by atoms with E-state index in [0.717, 1.165) is 5.56 Å². The van der Waals surface area contributed by atoms with Crippen molar-refractivity contribution in [2.75, 3.05) is 12.3 Å². The SMILES string of the molecule is C[C@H](NC(=O)c1ccc(N)c(Cl)c1)C(=O)N1CCC[C@H]1C(=O)NC1CC(=O)OC1OCc1ccccc1. The van der Waals surface area contributed by atoms with E-state index in [1.807, 2.05) is 30.3 Å². The van der Waals surface area contributed by atoms with E-state index >= 15 is 0 Å². The molecule has 3 amide bonds. The van der Waals surface area contributed by atoms with E-state index in [1.165, 1.54) is 23.1 Å². The topological polar surface area (TPSA) is 140 Å². The monoisotopic (exact) mass is 528 g/mol. The Kier molecular flexibility index (Phi) is 8.30.